The molecule has 0 unspecified atom stereocenters. The minimum Gasteiger partial charge on any atom is -0.439 e. The lowest BCUT2D eigenvalue weighted by Gasteiger charge is -2.23. The molecule has 200 valence electrons. The normalized spacial score (nSPS) is 11.8. The van der Waals surface area contributed by atoms with Gasteiger partial charge < -0.3 is 20.1 Å². The van der Waals surface area contributed by atoms with E-state index >= 15 is 0 Å². The summed E-state index contributed by atoms with van der Waals surface area (Å²) in [7, 11) is 0. The van der Waals surface area contributed by atoms with Gasteiger partial charge in [0.05, 0.1) is 32.0 Å². The summed E-state index contributed by atoms with van der Waals surface area (Å²) >= 11 is 0. The second-order valence-electron chi connectivity index (χ2n) is 8.56. The zero-order chi connectivity index (χ0) is 28.0. The summed E-state index contributed by atoms with van der Waals surface area (Å²) in [6, 6.07) is 18.3. The first kappa shape index (κ1) is 27.1. The van der Waals surface area contributed by atoms with E-state index in [4.69, 9.17) is 10.00 Å². The Morgan fingerprint density at radius 1 is 1.03 bits per heavy atom. The number of aliphatic hydroxyl groups is 3. The van der Waals surface area contributed by atoms with E-state index in [9.17, 15) is 29.3 Å². The minimum absolute atomic E-state index is 0.118. The Morgan fingerprint density at radius 3 is 2.36 bits per heavy atom. The second kappa shape index (κ2) is 11.7. The van der Waals surface area contributed by atoms with Crippen molar-refractivity contribution in [3.63, 3.8) is 0 Å². The lowest BCUT2D eigenvalue weighted by molar-refractivity contribution is -0.0676. The monoisotopic (exact) mass is 534 g/mol. The van der Waals surface area contributed by atoms with Crippen molar-refractivity contribution < 1.29 is 24.4 Å². The van der Waals surface area contributed by atoms with Crippen molar-refractivity contribution in [1.29, 1.82) is 5.26 Å². The smallest absolute Gasteiger partial charge is 0.335 e. The number of benzene rings is 2. The van der Waals surface area contributed by atoms with Crippen LogP contribution in [-0.4, -0.2) is 53.2 Å². The topological polar surface area (TPSA) is 179 Å². The Bertz CT molecular complexity index is 1680. The first-order chi connectivity index (χ1) is 18.7. The van der Waals surface area contributed by atoms with E-state index in [0.717, 1.165) is 4.57 Å². The van der Waals surface area contributed by atoms with Crippen LogP contribution < -0.4 is 21.7 Å². The summed E-state index contributed by atoms with van der Waals surface area (Å²) in [6.07, 6.45) is 0. The van der Waals surface area contributed by atoms with Gasteiger partial charge in [0, 0.05) is 6.07 Å². The van der Waals surface area contributed by atoms with Crippen LogP contribution in [0.15, 0.2) is 81.3 Å². The molecular weight excluding hydrogens is 511 g/mol. The maximum Gasteiger partial charge on any atom is 0.335 e. The van der Waals surface area contributed by atoms with Crippen LogP contribution in [0.4, 0.5) is 10.1 Å². The van der Waals surface area contributed by atoms with Crippen molar-refractivity contribution in [2.24, 2.45) is 4.99 Å². The van der Waals surface area contributed by atoms with E-state index in [-0.39, 0.29) is 23.7 Å². The molecule has 39 heavy (non-hydrogen) atoms. The number of aromatic amines is 1. The number of ether oxygens (including phenoxy) is 1. The molecule has 0 aliphatic rings. The lowest BCUT2D eigenvalue weighted by Crippen LogP contribution is -2.55. The van der Waals surface area contributed by atoms with Gasteiger partial charge in [0.1, 0.15) is 28.9 Å². The van der Waals surface area contributed by atoms with Crippen molar-refractivity contribution in [1.82, 2.24) is 19.1 Å². The predicted molar refractivity (Wildman–Crippen MR) is 135 cm³/mol. The highest BCUT2D eigenvalue weighted by atomic mass is 19.1. The van der Waals surface area contributed by atoms with Crippen LogP contribution in [0, 0.1) is 17.1 Å². The first-order valence-corrected chi connectivity index (χ1v) is 11.6. The number of aromatic nitrogens is 4. The van der Waals surface area contributed by atoms with E-state index in [1.807, 2.05) is 6.07 Å². The predicted octanol–water partition coefficient (Wildman–Crippen LogP) is 0.533. The van der Waals surface area contributed by atoms with Crippen LogP contribution in [0.5, 0.6) is 11.6 Å². The number of pyridine rings is 1. The Hall–Kier alpha value is -4.90. The van der Waals surface area contributed by atoms with Gasteiger partial charge in [0.2, 0.25) is 11.5 Å². The van der Waals surface area contributed by atoms with Gasteiger partial charge in [0.15, 0.2) is 0 Å². The maximum absolute atomic E-state index is 13.4. The summed E-state index contributed by atoms with van der Waals surface area (Å²) in [4.78, 5) is 37.0. The summed E-state index contributed by atoms with van der Waals surface area (Å²) in [5, 5.41) is 38.1. The third-order valence-electron chi connectivity index (χ3n) is 5.61. The number of rotatable bonds is 9. The fourth-order valence-corrected chi connectivity index (χ4v) is 3.51. The summed E-state index contributed by atoms with van der Waals surface area (Å²) in [5.41, 5.74) is -3.03. The molecule has 0 bridgehead atoms. The van der Waals surface area contributed by atoms with Crippen LogP contribution in [0.1, 0.15) is 11.3 Å². The van der Waals surface area contributed by atoms with Gasteiger partial charge in [-0.3, -0.25) is 9.55 Å². The zero-order valence-electron chi connectivity index (χ0n) is 20.4. The molecule has 0 amide bonds. The van der Waals surface area contributed by atoms with E-state index in [2.05, 4.69) is 15.0 Å². The molecule has 2 heterocycles. The molecule has 13 heteroatoms. The van der Waals surface area contributed by atoms with Crippen molar-refractivity contribution >= 4 is 5.69 Å². The molecule has 0 spiro atoms. The summed E-state index contributed by atoms with van der Waals surface area (Å²) < 4.78 is 20.8. The number of H-pyrrole nitrogens is 1. The van der Waals surface area contributed by atoms with Crippen LogP contribution >= 0.6 is 0 Å². The lowest BCUT2D eigenvalue weighted by atomic mass is 10.1. The van der Waals surface area contributed by atoms with E-state index in [1.54, 1.807) is 42.5 Å². The van der Waals surface area contributed by atoms with E-state index in [1.165, 1.54) is 24.3 Å². The quantitative estimate of drug-likeness (QED) is 0.240. The average molecular weight is 535 g/mol. The fourth-order valence-electron chi connectivity index (χ4n) is 3.51. The van der Waals surface area contributed by atoms with Gasteiger partial charge in [-0.15, -0.1) is 0 Å². The second-order valence-corrected chi connectivity index (χ2v) is 8.56. The van der Waals surface area contributed by atoms with Crippen LogP contribution in [0.2, 0.25) is 0 Å². The molecule has 0 radical (unpaired) electrons. The molecule has 0 saturated carbocycles. The molecule has 2 aromatic carbocycles. The summed E-state index contributed by atoms with van der Waals surface area (Å²) in [5.74, 6) is 0.141. The van der Waals surface area contributed by atoms with Gasteiger partial charge in [-0.05, 0) is 48.0 Å². The zero-order valence-corrected chi connectivity index (χ0v) is 20.4. The number of hydrogen-bond donors (Lipinski definition) is 4. The van der Waals surface area contributed by atoms with Crippen molar-refractivity contribution in [3.8, 4) is 17.7 Å². The molecule has 4 N–H and O–H groups in total. The maximum atomic E-state index is 13.4. The van der Waals surface area contributed by atoms with Crippen LogP contribution in [0.3, 0.4) is 0 Å². The van der Waals surface area contributed by atoms with Crippen LogP contribution in [0.25, 0.3) is 0 Å². The molecule has 0 saturated heterocycles. The number of halogens is 1. The van der Waals surface area contributed by atoms with Gasteiger partial charge in [-0.2, -0.15) is 5.26 Å². The first-order valence-electron chi connectivity index (χ1n) is 11.6. The number of hydrogen-bond acceptors (Lipinski definition) is 9. The van der Waals surface area contributed by atoms with E-state index < -0.39 is 42.6 Å². The Morgan fingerprint density at radius 2 is 1.72 bits per heavy atom. The average Bonchev–Trinajstić information content (AvgIpc) is 2.95. The Balaban J connectivity index is 1.74. The third kappa shape index (κ3) is 6.51. The largest absolute Gasteiger partial charge is 0.439 e. The highest BCUT2D eigenvalue weighted by Gasteiger charge is 2.28. The van der Waals surface area contributed by atoms with Crippen LogP contribution in [-0.2, 0) is 13.1 Å². The number of nitrogens with one attached hydrogen (secondary N) is 1. The third-order valence-corrected chi connectivity index (χ3v) is 5.61. The van der Waals surface area contributed by atoms with Gasteiger partial charge in [-0.1, -0.05) is 18.2 Å². The molecular formula is C26H23FN6O6. The molecule has 0 fully saturated rings. The number of nitrogens with zero attached hydrogens (tertiary/aromatic N) is 5. The van der Waals surface area contributed by atoms with Gasteiger partial charge in [0.25, 0.3) is 0 Å². The summed E-state index contributed by atoms with van der Waals surface area (Å²) in [6.45, 7) is -2.60. The number of aliphatic hydroxyl groups excluding tert-OH is 2. The molecule has 0 atom stereocenters. The Kier molecular flexibility index (Phi) is 8.11. The molecule has 0 aliphatic carbocycles. The van der Waals surface area contributed by atoms with Gasteiger partial charge >= 0.3 is 11.4 Å². The van der Waals surface area contributed by atoms with Gasteiger partial charge in [-0.25, -0.2) is 28.5 Å². The standard InChI is InChI=1S/C26H23FN6O6/c27-18-6-4-17(5-7-18)13-32-23(31-24(36)33(25(32)37)14-26(38,15-34)16-35)30-19-8-10-21(11-9-19)39-22-3-1-2-20(12-28)29-22/h1-11,34-35,38H,13-16H2,(H,30,31,36). The Labute approximate surface area is 219 Å². The molecule has 2 aromatic heterocycles. The minimum atomic E-state index is -2.12. The molecule has 4 rings (SSSR count). The van der Waals surface area contributed by atoms with Crippen molar-refractivity contribution in [2.75, 3.05) is 13.2 Å². The highest BCUT2D eigenvalue weighted by Crippen LogP contribution is 2.22. The van der Waals surface area contributed by atoms with Crippen molar-refractivity contribution in [3.05, 3.63) is 110 Å². The molecule has 12 nitrogen and oxygen atoms in total. The number of nitriles is 1. The fraction of sp³-hybridized carbons (Fsp3) is 0.192. The SMILES string of the molecule is N#Cc1cccc(Oc2ccc(/N=c3\[nH]c(=O)n(CC(O)(CO)CO)c(=O)n3Cc3ccc(F)cc3)cc2)n1. The molecule has 0 aliphatic heterocycles. The highest BCUT2D eigenvalue weighted by molar-refractivity contribution is 5.42. The van der Waals surface area contributed by atoms with Crippen molar-refractivity contribution in [2.45, 2.75) is 18.7 Å². The van der Waals surface area contributed by atoms with E-state index in [0.29, 0.717) is 21.6 Å². The molecule has 4 aromatic rings.